The summed E-state index contributed by atoms with van der Waals surface area (Å²) in [6.07, 6.45) is 2.81. The largest absolute Gasteiger partial charge is 0.396 e. The molecule has 1 unspecified atom stereocenters. The number of allylic oxidation sites excluding steroid dienone is 1. The highest BCUT2D eigenvalue weighted by atomic mass is 16.6. The third-order valence-electron chi connectivity index (χ3n) is 5.23. The highest BCUT2D eigenvalue weighted by molar-refractivity contribution is 5.46. The van der Waals surface area contributed by atoms with Gasteiger partial charge in [-0.1, -0.05) is 30.4 Å². The van der Waals surface area contributed by atoms with Gasteiger partial charge in [0.2, 0.25) is 0 Å². The Labute approximate surface area is 147 Å². The Morgan fingerprint density at radius 2 is 1.92 bits per heavy atom. The lowest BCUT2D eigenvalue weighted by Gasteiger charge is -2.37. The summed E-state index contributed by atoms with van der Waals surface area (Å²) in [5.74, 6) is -1.06. The van der Waals surface area contributed by atoms with E-state index in [1.807, 2.05) is 32.9 Å². The molecule has 136 valence electrons. The van der Waals surface area contributed by atoms with Crippen LogP contribution in [0.25, 0.3) is 0 Å². The van der Waals surface area contributed by atoms with Crippen LogP contribution in [-0.4, -0.2) is 39.6 Å². The summed E-state index contributed by atoms with van der Waals surface area (Å²) >= 11 is 0. The van der Waals surface area contributed by atoms with E-state index in [2.05, 4.69) is 0 Å². The van der Waals surface area contributed by atoms with Crippen LogP contribution >= 0.6 is 0 Å². The third kappa shape index (κ3) is 3.21. The van der Waals surface area contributed by atoms with E-state index in [9.17, 15) is 20.3 Å². The van der Waals surface area contributed by atoms with E-state index in [1.54, 1.807) is 18.2 Å². The smallest absolute Gasteiger partial charge is 0.273 e. The van der Waals surface area contributed by atoms with Crippen molar-refractivity contribution in [2.45, 2.75) is 44.5 Å². The minimum Gasteiger partial charge on any atom is -0.396 e. The van der Waals surface area contributed by atoms with Gasteiger partial charge in [0.25, 0.3) is 5.69 Å². The van der Waals surface area contributed by atoms with Crippen LogP contribution in [0.4, 0.5) is 5.69 Å². The Morgan fingerprint density at radius 1 is 1.24 bits per heavy atom. The molecular weight excluding hydrogens is 322 g/mol. The summed E-state index contributed by atoms with van der Waals surface area (Å²) < 4.78 is 6.23. The quantitative estimate of drug-likeness (QED) is 0.496. The van der Waals surface area contributed by atoms with Gasteiger partial charge in [0.15, 0.2) is 0 Å². The lowest BCUT2D eigenvalue weighted by molar-refractivity contribution is -0.385. The standard InChI is InChI=1S/C19H25NO5/c1-19(2,3)25-18-13-9-8-12(16(18)17(22)14(13)10-21)11-6-4-5-7-15(11)20(23)24/h4-9,12-14,16-18,21-22H,10H2,1-3H3/t12-,13+,14-,16-,17-,18?/m0/s1. The second kappa shape index (κ2) is 6.52. The zero-order chi connectivity index (χ0) is 18.4. The molecule has 6 atom stereocenters. The number of ether oxygens (including phenoxy) is 1. The third-order valence-corrected chi connectivity index (χ3v) is 5.23. The van der Waals surface area contributed by atoms with Crippen LogP contribution in [0.1, 0.15) is 32.3 Å². The maximum atomic E-state index is 11.4. The molecule has 25 heavy (non-hydrogen) atoms. The van der Waals surface area contributed by atoms with E-state index in [0.29, 0.717) is 5.56 Å². The zero-order valence-corrected chi connectivity index (χ0v) is 14.7. The molecule has 0 saturated heterocycles. The van der Waals surface area contributed by atoms with Gasteiger partial charge < -0.3 is 14.9 Å². The van der Waals surface area contributed by atoms with Crippen LogP contribution in [0.15, 0.2) is 36.4 Å². The molecule has 3 rings (SSSR count). The number of aliphatic hydroxyl groups excluding tert-OH is 2. The maximum Gasteiger partial charge on any atom is 0.273 e. The van der Waals surface area contributed by atoms with Crippen molar-refractivity contribution < 1.29 is 19.9 Å². The van der Waals surface area contributed by atoms with Crippen LogP contribution in [0.5, 0.6) is 0 Å². The van der Waals surface area contributed by atoms with Gasteiger partial charge in [-0.05, 0) is 20.8 Å². The lowest BCUT2D eigenvalue weighted by Crippen LogP contribution is -2.39. The summed E-state index contributed by atoms with van der Waals surface area (Å²) in [5.41, 5.74) is 0.209. The number of nitrogens with zero attached hydrogens (tertiary/aromatic N) is 1. The van der Waals surface area contributed by atoms with Gasteiger partial charge in [-0.15, -0.1) is 0 Å². The Hall–Kier alpha value is -1.76. The van der Waals surface area contributed by atoms with Crippen LogP contribution in [0, 0.1) is 27.9 Å². The number of hydrogen-bond donors (Lipinski definition) is 2. The minimum absolute atomic E-state index is 0.0461. The van der Waals surface area contributed by atoms with Crippen LogP contribution < -0.4 is 0 Å². The molecule has 2 aliphatic rings. The molecule has 1 saturated carbocycles. The Kier molecular flexibility index (Phi) is 4.70. The van der Waals surface area contributed by atoms with E-state index < -0.39 is 11.7 Å². The Bertz CT molecular complexity index is 681. The molecule has 6 nitrogen and oxygen atoms in total. The van der Waals surface area contributed by atoms with Crippen molar-refractivity contribution in [3.05, 3.63) is 52.1 Å². The molecule has 0 aromatic heterocycles. The van der Waals surface area contributed by atoms with Gasteiger partial charge in [0.05, 0.1) is 22.7 Å². The number of rotatable bonds is 4. The maximum absolute atomic E-state index is 11.4. The fourth-order valence-corrected chi connectivity index (χ4v) is 4.29. The monoisotopic (exact) mass is 347 g/mol. The van der Waals surface area contributed by atoms with Gasteiger partial charge in [-0.25, -0.2) is 0 Å². The summed E-state index contributed by atoms with van der Waals surface area (Å²) in [6.45, 7) is 5.71. The second-order valence-corrected chi connectivity index (χ2v) is 7.91. The zero-order valence-electron chi connectivity index (χ0n) is 14.7. The average Bonchev–Trinajstić information content (AvgIpc) is 2.70. The molecule has 2 N–H and O–H groups in total. The SMILES string of the molecule is CC(C)(C)OC1[C@@H]2[C@@H](O)[C@@H](CO)[C@H]1C=C[C@H]2c1ccccc1[N+](=O)[O-]. The van der Waals surface area contributed by atoms with Gasteiger partial charge in [-0.2, -0.15) is 0 Å². The number of nitro benzene ring substituents is 1. The molecule has 1 aromatic carbocycles. The van der Waals surface area contributed by atoms with Crippen molar-refractivity contribution in [3.63, 3.8) is 0 Å². The van der Waals surface area contributed by atoms with Gasteiger partial charge in [0.1, 0.15) is 0 Å². The normalized spacial score (nSPS) is 34.3. The molecule has 6 heteroatoms. The molecule has 0 spiro atoms. The van der Waals surface area contributed by atoms with E-state index >= 15 is 0 Å². The summed E-state index contributed by atoms with van der Waals surface area (Å²) in [6, 6.07) is 6.63. The van der Waals surface area contributed by atoms with E-state index in [-0.39, 0.29) is 47.0 Å². The number of fused-ring (bicyclic) bond motifs is 2. The van der Waals surface area contributed by atoms with Crippen LogP contribution in [0.2, 0.25) is 0 Å². The van der Waals surface area contributed by atoms with Crippen molar-refractivity contribution in [2.75, 3.05) is 6.61 Å². The molecule has 1 aromatic rings. The Morgan fingerprint density at radius 3 is 2.52 bits per heavy atom. The highest BCUT2D eigenvalue weighted by Gasteiger charge is 2.55. The predicted octanol–water partition coefficient (Wildman–Crippen LogP) is 2.65. The second-order valence-electron chi connectivity index (χ2n) is 7.91. The predicted molar refractivity (Wildman–Crippen MR) is 93.2 cm³/mol. The summed E-state index contributed by atoms with van der Waals surface area (Å²) in [7, 11) is 0. The highest BCUT2D eigenvalue weighted by Crippen LogP contribution is 2.52. The van der Waals surface area contributed by atoms with Crippen molar-refractivity contribution in [1.29, 1.82) is 0 Å². The number of benzene rings is 1. The molecule has 0 heterocycles. The first-order valence-electron chi connectivity index (χ1n) is 8.63. The van der Waals surface area contributed by atoms with Crippen LogP contribution in [0.3, 0.4) is 0 Å². The fourth-order valence-electron chi connectivity index (χ4n) is 4.29. The van der Waals surface area contributed by atoms with Crippen molar-refractivity contribution in [2.24, 2.45) is 17.8 Å². The minimum atomic E-state index is -0.776. The van der Waals surface area contributed by atoms with Crippen LogP contribution in [-0.2, 0) is 4.74 Å². The molecule has 0 radical (unpaired) electrons. The molecular formula is C19H25NO5. The van der Waals surface area contributed by atoms with E-state index in [0.717, 1.165) is 0 Å². The molecule has 0 aliphatic heterocycles. The van der Waals surface area contributed by atoms with Crippen molar-refractivity contribution >= 4 is 5.69 Å². The fraction of sp³-hybridized carbons (Fsp3) is 0.579. The van der Waals surface area contributed by atoms with Gasteiger partial charge in [0, 0.05) is 41.9 Å². The number of nitro groups is 1. The summed E-state index contributed by atoms with van der Waals surface area (Å²) in [4.78, 5) is 11.0. The lowest BCUT2D eigenvalue weighted by atomic mass is 9.77. The number of hydrogen-bond acceptors (Lipinski definition) is 5. The van der Waals surface area contributed by atoms with E-state index in [4.69, 9.17) is 4.74 Å². The average molecular weight is 347 g/mol. The summed E-state index contributed by atoms with van der Waals surface area (Å²) in [5, 5.41) is 32.0. The molecule has 1 fully saturated rings. The van der Waals surface area contributed by atoms with Gasteiger partial charge in [-0.3, -0.25) is 10.1 Å². The van der Waals surface area contributed by atoms with Gasteiger partial charge >= 0.3 is 0 Å². The first-order valence-corrected chi connectivity index (χ1v) is 8.63. The van der Waals surface area contributed by atoms with Crippen molar-refractivity contribution in [1.82, 2.24) is 0 Å². The first kappa shape index (κ1) is 18.0. The number of aliphatic hydroxyl groups is 2. The number of para-hydroxylation sites is 1. The first-order chi connectivity index (χ1) is 11.7. The molecule has 2 aliphatic carbocycles. The van der Waals surface area contributed by atoms with E-state index in [1.165, 1.54) is 6.07 Å². The topological polar surface area (TPSA) is 92.8 Å². The molecule has 2 bridgehead atoms. The van der Waals surface area contributed by atoms with Crippen molar-refractivity contribution in [3.8, 4) is 0 Å². The Balaban J connectivity index is 2.05. The molecule has 0 amide bonds.